The Morgan fingerprint density at radius 3 is 2.62 bits per heavy atom. The average Bonchev–Trinajstić information content (AvgIpc) is 2.97. The van der Waals surface area contributed by atoms with Crippen molar-refractivity contribution in [2.24, 2.45) is 4.99 Å². The highest BCUT2D eigenvalue weighted by Crippen LogP contribution is 2.54. The molecule has 16 heavy (non-hydrogen) atoms. The fourth-order valence-corrected chi connectivity index (χ4v) is 2.31. The van der Waals surface area contributed by atoms with E-state index >= 15 is 0 Å². The third-order valence-electron chi connectivity index (χ3n) is 3.22. The monoisotopic (exact) mass is 237 g/mol. The third kappa shape index (κ3) is 1.53. The summed E-state index contributed by atoms with van der Waals surface area (Å²) >= 11 is 5.93. The zero-order valence-corrected chi connectivity index (χ0v) is 9.93. The lowest BCUT2D eigenvalue weighted by Crippen LogP contribution is -2.07. The molecule has 0 spiro atoms. The van der Waals surface area contributed by atoms with E-state index < -0.39 is 5.54 Å². The highest BCUT2D eigenvalue weighted by Gasteiger charge is 2.48. The highest BCUT2D eigenvalue weighted by molar-refractivity contribution is 6.32. The van der Waals surface area contributed by atoms with E-state index in [0.717, 1.165) is 24.0 Å². The second-order valence-corrected chi connectivity index (χ2v) is 4.67. The molecule has 3 nitrogen and oxygen atoms in total. The van der Waals surface area contributed by atoms with Crippen molar-refractivity contribution in [3.05, 3.63) is 27.8 Å². The van der Waals surface area contributed by atoms with E-state index in [1.807, 2.05) is 13.8 Å². The number of nitrogens with zero attached hydrogens (tertiary/aromatic N) is 1. The Labute approximate surface area is 98.8 Å². The van der Waals surface area contributed by atoms with Crippen LogP contribution < -0.4 is 0 Å². The number of rotatable bonds is 2. The Bertz CT molecular complexity index is 474. The number of aromatic hydroxyl groups is 1. The van der Waals surface area contributed by atoms with Crippen molar-refractivity contribution in [2.75, 3.05) is 0 Å². The van der Waals surface area contributed by atoms with Gasteiger partial charge in [0.25, 0.3) is 0 Å². The summed E-state index contributed by atoms with van der Waals surface area (Å²) in [5, 5.41) is 10.3. The molecule has 0 amide bonds. The molecule has 1 N–H and O–H groups in total. The molecular weight excluding hydrogens is 226 g/mol. The molecule has 1 aromatic carbocycles. The number of benzene rings is 1. The van der Waals surface area contributed by atoms with E-state index in [2.05, 4.69) is 4.99 Å². The van der Waals surface area contributed by atoms with Crippen molar-refractivity contribution in [3.63, 3.8) is 0 Å². The Morgan fingerprint density at radius 2 is 2.12 bits per heavy atom. The van der Waals surface area contributed by atoms with Crippen molar-refractivity contribution in [1.29, 1.82) is 0 Å². The van der Waals surface area contributed by atoms with Crippen molar-refractivity contribution >= 4 is 17.7 Å². The Morgan fingerprint density at radius 1 is 1.50 bits per heavy atom. The van der Waals surface area contributed by atoms with Gasteiger partial charge < -0.3 is 5.11 Å². The first-order valence-corrected chi connectivity index (χ1v) is 5.48. The molecule has 84 valence electrons. The maximum Gasteiger partial charge on any atom is 0.235 e. The first-order valence-electron chi connectivity index (χ1n) is 5.10. The van der Waals surface area contributed by atoms with E-state index in [4.69, 9.17) is 11.6 Å². The van der Waals surface area contributed by atoms with Gasteiger partial charge in [-0.15, -0.1) is 0 Å². The number of phenols is 1. The average molecular weight is 238 g/mol. The summed E-state index contributed by atoms with van der Waals surface area (Å²) in [5.41, 5.74) is 2.04. The summed E-state index contributed by atoms with van der Waals surface area (Å²) in [4.78, 5) is 14.2. The number of hydrogen-bond acceptors (Lipinski definition) is 3. The second-order valence-electron chi connectivity index (χ2n) is 4.26. The first-order chi connectivity index (χ1) is 7.52. The van der Waals surface area contributed by atoms with Gasteiger partial charge in [0.15, 0.2) is 0 Å². The molecule has 0 heterocycles. The van der Waals surface area contributed by atoms with E-state index in [9.17, 15) is 9.90 Å². The van der Waals surface area contributed by atoms with E-state index in [0.29, 0.717) is 10.6 Å². The molecule has 1 aromatic rings. The molecule has 0 aromatic heterocycles. The van der Waals surface area contributed by atoms with E-state index in [1.54, 1.807) is 12.1 Å². The zero-order chi connectivity index (χ0) is 11.9. The number of halogens is 1. The molecule has 0 atom stereocenters. The van der Waals surface area contributed by atoms with Crippen LogP contribution in [0.4, 0.5) is 0 Å². The van der Waals surface area contributed by atoms with Gasteiger partial charge in [-0.1, -0.05) is 11.6 Å². The van der Waals surface area contributed by atoms with Gasteiger partial charge in [-0.2, -0.15) is 4.99 Å². The summed E-state index contributed by atoms with van der Waals surface area (Å²) in [5.74, 6) is 0.0428. The SMILES string of the molecule is Cc1cc(Cl)c(O)c(C2(N=C=O)CC2)c1C. The summed E-state index contributed by atoms with van der Waals surface area (Å²) in [6, 6.07) is 1.72. The summed E-state index contributed by atoms with van der Waals surface area (Å²) in [6.45, 7) is 3.83. The van der Waals surface area contributed by atoms with Crippen LogP contribution in [0.2, 0.25) is 5.02 Å². The predicted molar refractivity (Wildman–Crippen MR) is 61.6 cm³/mol. The van der Waals surface area contributed by atoms with Crippen LogP contribution in [0.25, 0.3) is 0 Å². The maximum absolute atomic E-state index is 10.4. The number of phenolic OH excluding ortho intramolecular Hbond substituents is 1. The lowest BCUT2D eigenvalue weighted by molar-refractivity contribution is 0.458. The molecule has 0 bridgehead atoms. The predicted octanol–water partition coefficient (Wildman–Crippen LogP) is 2.99. The quantitative estimate of drug-likeness (QED) is 0.635. The molecule has 0 saturated heterocycles. The maximum atomic E-state index is 10.4. The van der Waals surface area contributed by atoms with Crippen LogP contribution >= 0.6 is 11.6 Å². The molecule has 1 saturated carbocycles. The van der Waals surface area contributed by atoms with Crippen LogP contribution in [0, 0.1) is 13.8 Å². The largest absolute Gasteiger partial charge is 0.506 e. The van der Waals surface area contributed by atoms with Crippen LogP contribution in [-0.2, 0) is 10.3 Å². The number of hydrogen-bond donors (Lipinski definition) is 1. The molecule has 1 aliphatic rings. The van der Waals surface area contributed by atoms with Gasteiger partial charge in [0.05, 0.1) is 5.02 Å². The lowest BCUT2D eigenvalue weighted by Gasteiger charge is -2.17. The Balaban J connectivity index is 2.69. The Hall–Kier alpha value is -1.31. The van der Waals surface area contributed by atoms with Crippen molar-refractivity contribution in [1.82, 2.24) is 0 Å². The topological polar surface area (TPSA) is 49.7 Å². The van der Waals surface area contributed by atoms with Crippen LogP contribution in [0.5, 0.6) is 5.75 Å². The van der Waals surface area contributed by atoms with E-state index in [-0.39, 0.29) is 5.75 Å². The van der Waals surface area contributed by atoms with Gasteiger partial charge >= 0.3 is 0 Å². The minimum atomic E-state index is -0.578. The molecule has 4 heteroatoms. The number of isocyanates is 1. The van der Waals surface area contributed by atoms with Crippen LogP contribution in [-0.4, -0.2) is 11.2 Å². The van der Waals surface area contributed by atoms with Crippen molar-refractivity contribution in [2.45, 2.75) is 32.2 Å². The smallest absolute Gasteiger partial charge is 0.235 e. The summed E-state index contributed by atoms with van der Waals surface area (Å²) in [7, 11) is 0. The van der Waals surface area contributed by atoms with Gasteiger partial charge in [0.2, 0.25) is 6.08 Å². The van der Waals surface area contributed by atoms with Crippen LogP contribution in [0.15, 0.2) is 11.1 Å². The first kappa shape index (κ1) is 11.2. The van der Waals surface area contributed by atoms with E-state index in [1.165, 1.54) is 0 Å². The number of carbonyl (C=O) groups excluding carboxylic acids is 1. The highest BCUT2D eigenvalue weighted by atomic mass is 35.5. The van der Waals surface area contributed by atoms with Crippen molar-refractivity contribution in [3.8, 4) is 5.75 Å². The molecule has 0 unspecified atom stereocenters. The van der Waals surface area contributed by atoms with Crippen molar-refractivity contribution < 1.29 is 9.90 Å². The molecule has 1 aliphatic carbocycles. The molecule has 2 rings (SSSR count). The fraction of sp³-hybridized carbons (Fsp3) is 0.417. The molecule has 1 fully saturated rings. The second kappa shape index (κ2) is 3.62. The normalized spacial score (nSPS) is 16.7. The summed E-state index contributed by atoms with van der Waals surface area (Å²) in [6.07, 6.45) is 3.10. The van der Waals surface area contributed by atoms with Gasteiger partial charge in [-0.3, -0.25) is 0 Å². The molecule has 0 aliphatic heterocycles. The number of aliphatic imine (C=N–C) groups is 1. The lowest BCUT2D eigenvalue weighted by atomic mass is 9.95. The van der Waals surface area contributed by atoms with Gasteiger partial charge in [0, 0.05) is 5.56 Å². The third-order valence-corrected chi connectivity index (χ3v) is 3.51. The molecule has 0 radical (unpaired) electrons. The minimum absolute atomic E-state index is 0.0428. The van der Waals surface area contributed by atoms with Gasteiger partial charge in [-0.25, -0.2) is 4.79 Å². The summed E-state index contributed by atoms with van der Waals surface area (Å²) < 4.78 is 0. The standard InChI is InChI=1S/C12H12ClNO2/c1-7-5-9(13)11(16)10(8(7)2)12(3-4-12)14-6-15/h5,16H,3-4H2,1-2H3. The Kier molecular flexibility index (Phi) is 2.53. The van der Waals surface area contributed by atoms with Gasteiger partial charge in [-0.05, 0) is 43.9 Å². The minimum Gasteiger partial charge on any atom is -0.506 e. The number of aryl methyl sites for hydroxylation is 1. The van der Waals surface area contributed by atoms with Gasteiger partial charge in [0.1, 0.15) is 11.3 Å². The fourth-order valence-electron chi connectivity index (χ4n) is 2.05. The van der Waals surface area contributed by atoms with Crippen LogP contribution in [0.1, 0.15) is 29.5 Å². The zero-order valence-electron chi connectivity index (χ0n) is 9.17. The molecular formula is C12H12ClNO2. The van der Waals surface area contributed by atoms with Crippen LogP contribution in [0.3, 0.4) is 0 Å².